The SMILES string of the molecule is c1ccc(-c2ccc(N(c3ccc(-c4ccccc4)cc3)c3ccc(-c4cc5ccc(C67CC8CC(CC(C8)C6)C7)cc5cc4-c4ccccc4)cc3)cc2)cc1. The molecular formula is C56H47N. The van der Waals surface area contributed by atoms with E-state index in [0.29, 0.717) is 5.41 Å². The van der Waals surface area contributed by atoms with Gasteiger partial charge in [-0.3, -0.25) is 0 Å². The molecule has 4 aliphatic carbocycles. The van der Waals surface area contributed by atoms with E-state index >= 15 is 0 Å². The van der Waals surface area contributed by atoms with Gasteiger partial charge < -0.3 is 4.90 Å². The lowest BCUT2D eigenvalue weighted by atomic mass is 9.48. The number of benzene rings is 8. The summed E-state index contributed by atoms with van der Waals surface area (Å²) in [5.41, 5.74) is 15.3. The lowest BCUT2D eigenvalue weighted by Crippen LogP contribution is -2.48. The van der Waals surface area contributed by atoms with Crippen molar-refractivity contribution in [3.8, 4) is 44.5 Å². The van der Waals surface area contributed by atoms with Gasteiger partial charge in [-0.2, -0.15) is 0 Å². The Morgan fingerprint density at radius 3 is 1.16 bits per heavy atom. The van der Waals surface area contributed by atoms with Crippen molar-refractivity contribution in [2.45, 2.75) is 43.9 Å². The van der Waals surface area contributed by atoms with Gasteiger partial charge in [0.05, 0.1) is 0 Å². The van der Waals surface area contributed by atoms with Gasteiger partial charge in [0.2, 0.25) is 0 Å². The summed E-state index contributed by atoms with van der Waals surface area (Å²) in [6, 6.07) is 71.8. The maximum atomic E-state index is 2.58. The maximum Gasteiger partial charge on any atom is 0.0462 e. The minimum absolute atomic E-state index is 0.389. The first-order chi connectivity index (χ1) is 28.1. The molecule has 57 heavy (non-hydrogen) atoms. The van der Waals surface area contributed by atoms with E-state index in [1.165, 1.54) is 93.8 Å². The number of nitrogens with zero attached hydrogens (tertiary/aromatic N) is 1. The molecule has 0 N–H and O–H groups in total. The van der Waals surface area contributed by atoms with Gasteiger partial charge in [0, 0.05) is 17.1 Å². The Morgan fingerprint density at radius 2 is 0.702 bits per heavy atom. The van der Waals surface area contributed by atoms with Crippen molar-refractivity contribution in [1.82, 2.24) is 0 Å². The number of fused-ring (bicyclic) bond motifs is 1. The predicted octanol–water partition coefficient (Wildman–Crippen LogP) is 15.4. The third kappa shape index (κ3) is 6.36. The van der Waals surface area contributed by atoms with E-state index in [9.17, 15) is 0 Å². The minimum Gasteiger partial charge on any atom is -0.311 e. The van der Waals surface area contributed by atoms with Crippen molar-refractivity contribution in [3.05, 3.63) is 200 Å². The van der Waals surface area contributed by atoms with Crippen LogP contribution in [0, 0.1) is 17.8 Å². The molecule has 0 radical (unpaired) electrons. The predicted molar refractivity (Wildman–Crippen MR) is 240 cm³/mol. The Balaban J connectivity index is 0.978. The highest BCUT2D eigenvalue weighted by atomic mass is 15.1. The highest BCUT2D eigenvalue weighted by Gasteiger charge is 2.51. The fourth-order valence-corrected chi connectivity index (χ4v) is 11.3. The van der Waals surface area contributed by atoms with Gasteiger partial charge in [-0.25, -0.2) is 0 Å². The van der Waals surface area contributed by atoms with E-state index in [0.717, 1.165) is 34.8 Å². The quantitative estimate of drug-likeness (QED) is 0.150. The molecule has 4 bridgehead atoms. The normalized spacial score (nSPS) is 20.8. The van der Waals surface area contributed by atoms with E-state index in [4.69, 9.17) is 0 Å². The Labute approximate surface area is 337 Å². The van der Waals surface area contributed by atoms with Crippen LogP contribution < -0.4 is 4.90 Å². The molecule has 0 aromatic heterocycles. The van der Waals surface area contributed by atoms with Crippen molar-refractivity contribution in [2.75, 3.05) is 4.90 Å². The summed E-state index contributed by atoms with van der Waals surface area (Å²) in [6.45, 7) is 0. The summed E-state index contributed by atoms with van der Waals surface area (Å²) in [4.78, 5) is 2.37. The van der Waals surface area contributed by atoms with Crippen LogP contribution in [0.3, 0.4) is 0 Å². The third-order valence-corrected chi connectivity index (χ3v) is 13.6. The topological polar surface area (TPSA) is 3.24 Å². The van der Waals surface area contributed by atoms with Crippen LogP contribution in [0.25, 0.3) is 55.3 Å². The lowest BCUT2D eigenvalue weighted by Gasteiger charge is -2.57. The van der Waals surface area contributed by atoms with Gasteiger partial charge >= 0.3 is 0 Å². The first-order valence-electron chi connectivity index (χ1n) is 21.0. The van der Waals surface area contributed by atoms with Crippen LogP contribution in [0.5, 0.6) is 0 Å². The van der Waals surface area contributed by atoms with Crippen molar-refractivity contribution in [2.24, 2.45) is 17.8 Å². The summed E-state index contributed by atoms with van der Waals surface area (Å²) in [5.74, 6) is 2.82. The molecular weight excluding hydrogens is 687 g/mol. The van der Waals surface area contributed by atoms with Crippen LogP contribution in [-0.2, 0) is 5.41 Å². The van der Waals surface area contributed by atoms with Gasteiger partial charge in [0.25, 0.3) is 0 Å². The third-order valence-electron chi connectivity index (χ3n) is 13.6. The number of rotatable bonds is 8. The van der Waals surface area contributed by atoms with Gasteiger partial charge in [-0.1, -0.05) is 146 Å². The molecule has 0 unspecified atom stereocenters. The van der Waals surface area contributed by atoms with Gasteiger partial charge in [-0.05, 0) is 171 Å². The average Bonchev–Trinajstić information content (AvgIpc) is 3.27. The smallest absolute Gasteiger partial charge is 0.0462 e. The molecule has 0 atom stereocenters. The molecule has 4 aliphatic rings. The number of hydrogen-bond acceptors (Lipinski definition) is 1. The molecule has 0 spiro atoms. The summed E-state index contributed by atoms with van der Waals surface area (Å²) in [6.07, 6.45) is 8.62. The molecule has 0 aliphatic heterocycles. The molecule has 4 saturated carbocycles. The number of hydrogen-bond donors (Lipinski definition) is 0. The molecule has 1 heteroatoms. The zero-order valence-electron chi connectivity index (χ0n) is 32.4. The Morgan fingerprint density at radius 1 is 0.333 bits per heavy atom. The van der Waals surface area contributed by atoms with Crippen LogP contribution in [0.15, 0.2) is 194 Å². The summed E-state index contributed by atoms with van der Waals surface area (Å²) < 4.78 is 0. The fraction of sp³-hybridized carbons (Fsp3) is 0.179. The standard InChI is InChI=1S/C56H47N/c1-4-10-42(11-5-1)44-17-24-51(25-18-44)57(52-26-19-45(20-27-52)43-12-6-2-7-13-43)53-28-21-47(22-29-53)54-34-48-16-23-50(33-49(48)35-55(54)46-14-8-3-9-15-46)56-36-39-30-40(37-56)32-41(31-39)38-56/h1-29,33-35,39-41H,30-32,36-38H2. The van der Waals surface area contributed by atoms with E-state index < -0.39 is 0 Å². The Kier molecular flexibility index (Phi) is 8.43. The van der Waals surface area contributed by atoms with Crippen molar-refractivity contribution in [3.63, 3.8) is 0 Å². The van der Waals surface area contributed by atoms with Crippen LogP contribution >= 0.6 is 0 Å². The van der Waals surface area contributed by atoms with Crippen molar-refractivity contribution < 1.29 is 0 Å². The second kappa shape index (κ2) is 14.1. The summed E-state index contributed by atoms with van der Waals surface area (Å²) in [7, 11) is 0. The van der Waals surface area contributed by atoms with E-state index in [2.05, 4.69) is 199 Å². The van der Waals surface area contributed by atoms with Crippen LogP contribution in [-0.4, -0.2) is 0 Å². The van der Waals surface area contributed by atoms with E-state index in [1.54, 1.807) is 5.56 Å². The van der Waals surface area contributed by atoms with Gasteiger partial charge in [-0.15, -0.1) is 0 Å². The minimum atomic E-state index is 0.389. The monoisotopic (exact) mass is 733 g/mol. The molecule has 0 saturated heterocycles. The summed E-state index contributed by atoms with van der Waals surface area (Å²) >= 11 is 0. The largest absolute Gasteiger partial charge is 0.311 e. The molecule has 8 aromatic rings. The average molecular weight is 734 g/mol. The second-order valence-electron chi connectivity index (χ2n) is 17.2. The fourth-order valence-electron chi connectivity index (χ4n) is 11.3. The first kappa shape index (κ1) is 34.1. The van der Waals surface area contributed by atoms with E-state index in [1.807, 2.05) is 0 Å². The van der Waals surface area contributed by atoms with Crippen molar-refractivity contribution in [1.29, 1.82) is 0 Å². The maximum absolute atomic E-state index is 2.58. The molecule has 0 heterocycles. The highest BCUT2D eigenvalue weighted by Crippen LogP contribution is 2.61. The second-order valence-corrected chi connectivity index (χ2v) is 17.2. The Bertz CT molecular complexity index is 2540. The van der Waals surface area contributed by atoms with Crippen molar-refractivity contribution >= 4 is 27.8 Å². The molecule has 12 rings (SSSR count). The first-order valence-corrected chi connectivity index (χ1v) is 21.0. The molecule has 4 fully saturated rings. The van der Waals surface area contributed by atoms with Crippen LogP contribution in [0.4, 0.5) is 17.1 Å². The zero-order valence-corrected chi connectivity index (χ0v) is 32.4. The molecule has 1 nitrogen and oxygen atoms in total. The highest BCUT2D eigenvalue weighted by molar-refractivity contribution is 5.97. The van der Waals surface area contributed by atoms with E-state index in [-0.39, 0.29) is 0 Å². The Hall–Kier alpha value is -6.18. The van der Waals surface area contributed by atoms with Gasteiger partial charge in [0.1, 0.15) is 0 Å². The van der Waals surface area contributed by atoms with Gasteiger partial charge in [0.15, 0.2) is 0 Å². The molecule has 0 amide bonds. The molecule has 276 valence electrons. The van der Waals surface area contributed by atoms with Crippen LogP contribution in [0.2, 0.25) is 0 Å². The number of anilines is 3. The lowest BCUT2D eigenvalue weighted by molar-refractivity contribution is -0.00512. The van der Waals surface area contributed by atoms with Crippen LogP contribution in [0.1, 0.15) is 44.1 Å². The zero-order chi connectivity index (χ0) is 37.8. The summed E-state index contributed by atoms with van der Waals surface area (Å²) in [5, 5.41) is 2.69. The molecule has 8 aromatic carbocycles.